The molecule has 0 unspecified atom stereocenters. The number of amides is 1. The summed E-state index contributed by atoms with van der Waals surface area (Å²) in [5, 5.41) is 6.70. The lowest BCUT2D eigenvalue weighted by atomic mass is 10.3. The van der Waals surface area contributed by atoms with Gasteiger partial charge in [-0.1, -0.05) is 31.5 Å². The Morgan fingerprint density at radius 1 is 1.37 bits per heavy atom. The van der Waals surface area contributed by atoms with Crippen molar-refractivity contribution in [3.63, 3.8) is 0 Å². The molecule has 0 aliphatic rings. The molecule has 6 nitrogen and oxygen atoms in total. The second kappa shape index (κ2) is 5.99. The minimum absolute atomic E-state index is 0.0324. The van der Waals surface area contributed by atoms with Crippen LogP contribution in [0.2, 0.25) is 0 Å². The third kappa shape index (κ3) is 3.09. The lowest BCUT2D eigenvalue weighted by molar-refractivity contribution is 0.0943. The van der Waals surface area contributed by atoms with Crippen LogP contribution in [0.5, 0.6) is 0 Å². The molecular weight excluding hydrogens is 244 g/mol. The number of nitrogens with zero attached hydrogens (tertiary/aromatic N) is 2. The zero-order chi connectivity index (χ0) is 13.7. The summed E-state index contributed by atoms with van der Waals surface area (Å²) in [6, 6.07) is 8.95. The first kappa shape index (κ1) is 13.1. The summed E-state index contributed by atoms with van der Waals surface area (Å²) >= 11 is 0. The van der Waals surface area contributed by atoms with Crippen molar-refractivity contribution in [3.8, 4) is 5.69 Å². The predicted octanol–water partition coefficient (Wildman–Crippen LogP) is 1.09. The number of para-hydroxylation sites is 1. The highest BCUT2D eigenvalue weighted by molar-refractivity contribution is 5.90. The van der Waals surface area contributed by atoms with Crippen LogP contribution in [0.1, 0.15) is 30.4 Å². The molecular formula is C13H16N4O2. The van der Waals surface area contributed by atoms with Crippen LogP contribution in [0.15, 0.2) is 35.1 Å². The molecule has 1 heterocycles. The number of rotatable bonds is 5. The quantitative estimate of drug-likeness (QED) is 0.790. The molecule has 2 rings (SSSR count). The van der Waals surface area contributed by atoms with Crippen LogP contribution in [-0.2, 0) is 0 Å². The van der Waals surface area contributed by atoms with Gasteiger partial charge in [0.05, 0.1) is 5.69 Å². The van der Waals surface area contributed by atoms with Crippen molar-refractivity contribution in [1.29, 1.82) is 0 Å². The molecule has 0 fully saturated rings. The molecule has 6 heteroatoms. The average Bonchev–Trinajstić information content (AvgIpc) is 2.82. The third-order valence-electron chi connectivity index (χ3n) is 2.65. The molecule has 19 heavy (non-hydrogen) atoms. The molecule has 0 saturated carbocycles. The summed E-state index contributed by atoms with van der Waals surface area (Å²) in [5.74, 6) is -0.329. The number of benzene rings is 1. The third-order valence-corrected chi connectivity index (χ3v) is 2.65. The van der Waals surface area contributed by atoms with Gasteiger partial charge in [0.1, 0.15) is 0 Å². The van der Waals surface area contributed by atoms with Crippen LogP contribution >= 0.6 is 0 Å². The molecule has 1 amide bonds. The highest BCUT2D eigenvalue weighted by Crippen LogP contribution is 2.01. The Hall–Kier alpha value is -2.37. The van der Waals surface area contributed by atoms with Gasteiger partial charge >= 0.3 is 5.69 Å². The largest absolute Gasteiger partial charge is 0.349 e. The molecule has 0 atom stereocenters. The number of hydrogen-bond acceptors (Lipinski definition) is 3. The van der Waals surface area contributed by atoms with Gasteiger partial charge in [-0.15, -0.1) is 5.10 Å². The van der Waals surface area contributed by atoms with E-state index >= 15 is 0 Å². The number of carbonyl (C=O) groups excluding carboxylic acids is 1. The summed E-state index contributed by atoms with van der Waals surface area (Å²) in [6.45, 7) is 2.62. The maximum Gasteiger partial charge on any atom is 0.348 e. The standard InChI is InChI=1S/C13H16N4O2/c1-2-3-9-14-12(18)11-15-13(19)17(16-11)10-7-5-4-6-8-10/h4-8H,2-3,9H2,1H3,(H,14,18)(H,15,16,19). The number of aromatic amines is 1. The van der Waals surface area contributed by atoms with E-state index in [0.717, 1.165) is 12.8 Å². The summed E-state index contributed by atoms with van der Waals surface area (Å²) in [7, 11) is 0. The van der Waals surface area contributed by atoms with E-state index in [2.05, 4.69) is 15.4 Å². The number of carbonyl (C=O) groups is 1. The Morgan fingerprint density at radius 3 is 2.79 bits per heavy atom. The fourth-order valence-electron chi connectivity index (χ4n) is 1.63. The summed E-state index contributed by atoms with van der Waals surface area (Å²) < 4.78 is 1.18. The SMILES string of the molecule is CCCCNC(=O)c1nn(-c2ccccc2)c(=O)[nH]1. The van der Waals surface area contributed by atoms with Crippen LogP contribution in [0.4, 0.5) is 0 Å². The maximum absolute atomic E-state index is 11.8. The van der Waals surface area contributed by atoms with E-state index in [4.69, 9.17) is 0 Å². The molecule has 2 N–H and O–H groups in total. The van der Waals surface area contributed by atoms with E-state index in [1.165, 1.54) is 4.68 Å². The average molecular weight is 260 g/mol. The van der Waals surface area contributed by atoms with Crippen LogP contribution in [-0.4, -0.2) is 27.2 Å². The lowest BCUT2D eigenvalue weighted by Crippen LogP contribution is -2.25. The van der Waals surface area contributed by atoms with E-state index in [1.807, 2.05) is 13.0 Å². The van der Waals surface area contributed by atoms with E-state index < -0.39 is 5.69 Å². The topological polar surface area (TPSA) is 79.8 Å². The van der Waals surface area contributed by atoms with Gasteiger partial charge in [-0.25, -0.2) is 4.79 Å². The lowest BCUT2D eigenvalue weighted by Gasteiger charge is -2.00. The highest BCUT2D eigenvalue weighted by Gasteiger charge is 2.13. The number of unbranched alkanes of at least 4 members (excludes halogenated alkanes) is 1. The minimum Gasteiger partial charge on any atom is -0.349 e. The van der Waals surface area contributed by atoms with Gasteiger partial charge in [0.2, 0.25) is 5.82 Å². The summed E-state index contributed by atoms with van der Waals surface area (Å²) in [6.07, 6.45) is 1.89. The van der Waals surface area contributed by atoms with Crippen molar-refractivity contribution in [2.24, 2.45) is 0 Å². The van der Waals surface area contributed by atoms with E-state index in [-0.39, 0.29) is 11.7 Å². The van der Waals surface area contributed by atoms with E-state index in [0.29, 0.717) is 12.2 Å². The zero-order valence-corrected chi connectivity index (χ0v) is 10.7. The Morgan fingerprint density at radius 2 is 2.11 bits per heavy atom. The molecule has 1 aromatic heterocycles. The van der Waals surface area contributed by atoms with E-state index in [1.54, 1.807) is 24.3 Å². The van der Waals surface area contributed by atoms with Gasteiger partial charge in [-0.3, -0.25) is 9.78 Å². The van der Waals surface area contributed by atoms with Crippen LogP contribution < -0.4 is 11.0 Å². The Bertz CT molecular complexity index is 601. The summed E-state index contributed by atoms with van der Waals surface area (Å²) in [4.78, 5) is 26.0. The minimum atomic E-state index is -0.424. The van der Waals surface area contributed by atoms with Crippen molar-refractivity contribution in [2.45, 2.75) is 19.8 Å². The van der Waals surface area contributed by atoms with Crippen LogP contribution in [0.25, 0.3) is 5.69 Å². The van der Waals surface area contributed by atoms with E-state index in [9.17, 15) is 9.59 Å². The fraction of sp³-hybridized carbons (Fsp3) is 0.308. The van der Waals surface area contributed by atoms with Crippen LogP contribution in [0.3, 0.4) is 0 Å². The fourth-order valence-corrected chi connectivity index (χ4v) is 1.63. The van der Waals surface area contributed by atoms with Gasteiger partial charge in [-0.05, 0) is 18.6 Å². The van der Waals surface area contributed by atoms with Crippen molar-refractivity contribution in [2.75, 3.05) is 6.54 Å². The molecule has 2 aromatic rings. The number of H-pyrrole nitrogens is 1. The molecule has 0 aliphatic heterocycles. The second-order valence-electron chi connectivity index (χ2n) is 4.14. The molecule has 0 radical (unpaired) electrons. The van der Waals surface area contributed by atoms with Crippen LogP contribution in [0, 0.1) is 0 Å². The monoisotopic (exact) mass is 260 g/mol. The molecule has 1 aromatic carbocycles. The summed E-state index contributed by atoms with van der Waals surface area (Å²) in [5.41, 5.74) is 0.197. The maximum atomic E-state index is 11.8. The van der Waals surface area contributed by atoms with Gasteiger partial charge in [0.25, 0.3) is 5.91 Å². The Labute approximate surface area is 110 Å². The van der Waals surface area contributed by atoms with Crippen molar-refractivity contribution in [3.05, 3.63) is 46.6 Å². The van der Waals surface area contributed by atoms with Gasteiger partial charge in [-0.2, -0.15) is 4.68 Å². The molecule has 0 aliphatic carbocycles. The van der Waals surface area contributed by atoms with Crippen molar-refractivity contribution >= 4 is 5.91 Å². The Kier molecular flexibility index (Phi) is 4.12. The first-order valence-electron chi connectivity index (χ1n) is 6.25. The number of aromatic nitrogens is 3. The second-order valence-corrected chi connectivity index (χ2v) is 4.14. The molecule has 0 spiro atoms. The Balaban J connectivity index is 2.17. The van der Waals surface area contributed by atoms with Gasteiger partial charge < -0.3 is 5.32 Å². The highest BCUT2D eigenvalue weighted by atomic mass is 16.2. The smallest absolute Gasteiger partial charge is 0.348 e. The van der Waals surface area contributed by atoms with Crippen molar-refractivity contribution < 1.29 is 4.79 Å². The molecule has 0 bridgehead atoms. The normalized spacial score (nSPS) is 10.4. The zero-order valence-electron chi connectivity index (χ0n) is 10.7. The molecule has 0 saturated heterocycles. The molecule has 100 valence electrons. The predicted molar refractivity (Wildman–Crippen MR) is 71.4 cm³/mol. The number of hydrogen-bond donors (Lipinski definition) is 2. The van der Waals surface area contributed by atoms with Gasteiger partial charge in [0, 0.05) is 6.54 Å². The van der Waals surface area contributed by atoms with Crippen molar-refractivity contribution in [1.82, 2.24) is 20.1 Å². The number of nitrogens with one attached hydrogen (secondary N) is 2. The first-order chi connectivity index (χ1) is 9.22. The first-order valence-corrected chi connectivity index (χ1v) is 6.25. The van der Waals surface area contributed by atoms with Gasteiger partial charge in [0.15, 0.2) is 0 Å².